The summed E-state index contributed by atoms with van der Waals surface area (Å²) in [6, 6.07) is 6.46. The molecule has 0 amide bonds. The van der Waals surface area contributed by atoms with Crippen LogP contribution in [0.3, 0.4) is 0 Å². The lowest BCUT2D eigenvalue weighted by atomic mass is 10.1. The Labute approximate surface area is 166 Å². The zero-order valence-electron chi connectivity index (χ0n) is 16.3. The fourth-order valence-electron chi connectivity index (χ4n) is 3.06. The molecular formula is C20H28BrN3OS. The van der Waals surface area contributed by atoms with E-state index < -0.39 is 10.0 Å². The van der Waals surface area contributed by atoms with E-state index in [1.165, 1.54) is 22.0 Å². The van der Waals surface area contributed by atoms with Crippen LogP contribution in [0.1, 0.15) is 12.6 Å². The van der Waals surface area contributed by atoms with Crippen molar-refractivity contribution in [3.05, 3.63) is 40.8 Å². The summed E-state index contributed by atoms with van der Waals surface area (Å²) in [7, 11) is -0.515. The Bertz CT molecular complexity index is 908. The van der Waals surface area contributed by atoms with Gasteiger partial charge in [-0.25, -0.2) is 14.7 Å². The first-order chi connectivity index (χ1) is 12.3. The minimum Gasteiger partial charge on any atom is -0.358 e. The fraction of sp³-hybridized carbons (Fsp3) is 0.450. The van der Waals surface area contributed by atoms with E-state index in [-0.39, 0.29) is 0 Å². The predicted molar refractivity (Wildman–Crippen MR) is 117 cm³/mol. The second-order valence-corrected chi connectivity index (χ2v) is 13.0. The van der Waals surface area contributed by atoms with E-state index in [0.717, 1.165) is 29.1 Å². The number of ether oxygens (including phenoxy) is 1. The van der Waals surface area contributed by atoms with Crippen LogP contribution in [-0.2, 0) is 18.0 Å². The fourth-order valence-corrected chi connectivity index (χ4v) is 4.04. The summed E-state index contributed by atoms with van der Waals surface area (Å²) < 4.78 is 11.1. The van der Waals surface area contributed by atoms with Gasteiger partial charge in [0.05, 0.1) is 12.3 Å². The van der Waals surface area contributed by atoms with E-state index in [1.807, 2.05) is 4.68 Å². The van der Waals surface area contributed by atoms with Crippen LogP contribution in [0, 0.1) is 6.92 Å². The number of hydrogen-bond donors (Lipinski definition) is 0. The second-order valence-electron chi connectivity index (χ2n) is 7.49. The van der Waals surface area contributed by atoms with Gasteiger partial charge in [-0.15, -0.1) is 0 Å². The van der Waals surface area contributed by atoms with Crippen molar-refractivity contribution < 1.29 is 4.74 Å². The molecule has 0 aliphatic rings. The van der Waals surface area contributed by atoms with Crippen molar-refractivity contribution >= 4 is 36.9 Å². The normalized spacial score (nSPS) is 12.8. The van der Waals surface area contributed by atoms with E-state index in [0.29, 0.717) is 6.73 Å². The number of rotatable bonds is 7. The number of aromatic nitrogens is 3. The van der Waals surface area contributed by atoms with Crippen molar-refractivity contribution in [1.82, 2.24) is 14.3 Å². The Morgan fingerprint density at radius 1 is 1.15 bits per heavy atom. The zero-order chi connectivity index (χ0) is 18.9. The van der Waals surface area contributed by atoms with E-state index in [9.17, 15) is 0 Å². The molecule has 2 heterocycles. The Balaban J connectivity index is 1.85. The van der Waals surface area contributed by atoms with Crippen molar-refractivity contribution in [2.75, 3.05) is 31.1 Å². The van der Waals surface area contributed by atoms with E-state index in [1.54, 1.807) is 0 Å². The highest BCUT2D eigenvalue weighted by molar-refractivity contribution is 9.10. The molecule has 0 aliphatic carbocycles. The van der Waals surface area contributed by atoms with Gasteiger partial charge in [0, 0.05) is 51.2 Å². The van der Waals surface area contributed by atoms with E-state index >= 15 is 0 Å². The molecule has 2 aromatic heterocycles. The van der Waals surface area contributed by atoms with Crippen molar-refractivity contribution in [1.29, 1.82) is 0 Å². The molecule has 3 rings (SSSR count). The Morgan fingerprint density at radius 2 is 1.92 bits per heavy atom. The summed E-state index contributed by atoms with van der Waals surface area (Å²) >= 11 is 3.60. The molecule has 0 unspecified atom stereocenters. The van der Waals surface area contributed by atoms with Gasteiger partial charge in [-0.3, -0.25) is 0 Å². The van der Waals surface area contributed by atoms with Crippen molar-refractivity contribution in [3.8, 4) is 11.1 Å². The lowest BCUT2D eigenvalue weighted by molar-refractivity contribution is 0.0807. The number of nitrogens with zero attached hydrogens (tertiary/aromatic N) is 3. The summed E-state index contributed by atoms with van der Waals surface area (Å²) in [4.78, 5) is 0. The maximum Gasteiger partial charge on any atom is 0.139 e. The molecule has 0 atom stereocenters. The van der Waals surface area contributed by atoms with Crippen LogP contribution in [0.2, 0.25) is 0 Å². The van der Waals surface area contributed by atoms with Gasteiger partial charge in [0.2, 0.25) is 0 Å². The van der Waals surface area contributed by atoms with Crippen LogP contribution in [0.25, 0.3) is 22.0 Å². The summed E-state index contributed by atoms with van der Waals surface area (Å²) in [5.74, 6) is 1.12. The maximum absolute atomic E-state index is 5.84. The Kier molecular flexibility index (Phi) is 5.85. The number of fused-ring (bicyclic) bond motifs is 1. The lowest BCUT2D eigenvalue weighted by Gasteiger charge is -2.24. The quantitative estimate of drug-likeness (QED) is 0.471. The third kappa shape index (κ3) is 4.35. The molecular weight excluding hydrogens is 410 g/mol. The smallest absolute Gasteiger partial charge is 0.139 e. The average Bonchev–Trinajstić information content (AvgIpc) is 3.10. The lowest BCUT2D eigenvalue weighted by Crippen LogP contribution is -2.10. The summed E-state index contributed by atoms with van der Waals surface area (Å²) in [5, 5.41) is 5.91. The summed E-state index contributed by atoms with van der Waals surface area (Å²) in [6.45, 7) is 6.48. The van der Waals surface area contributed by atoms with Crippen LogP contribution >= 0.6 is 26.0 Å². The van der Waals surface area contributed by atoms with Crippen molar-refractivity contribution in [3.63, 3.8) is 0 Å². The first kappa shape index (κ1) is 19.5. The van der Waals surface area contributed by atoms with E-state index in [4.69, 9.17) is 4.74 Å². The number of benzene rings is 1. The standard InChI is InChI=1S/C20H28BrN3OS/c1-6-23-12-19(17-11-16(21)7-8-20(17)23)18-13-24(22-15(18)2)14-25-9-10-26(3,4)5/h7-8,11-13H,6,9-10,14H2,1-5H3. The second kappa shape index (κ2) is 7.79. The predicted octanol–water partition coefficient (Wildman–Crippen LogP) is 5.26. The van der Waals surface area contributed by atoms with Gasteiger partial charge in [0.1, 0.15) is 6.73 Å². The number of halogens is 1. The van der Waals surface area contributed by atoms with Gasteiger partial charge < -0.3 is 9.30 Å². The molecule has 0 saturated carbocycles. The SMILES string of the molecule is CCn1cc(-c2cn(COCCS(C)(C)C)nc2C)c2cc(Br)ccc21. The van der Waals surface area contributed by atoms with Gasteiger partial charge in [-0.1, -0.05) is 15.9 Å². The number of aryl methyl sites for hydroxylation is 2. The van der Waals surface area contributed by atoms with Gasteiger partial charge in [0.15, 0.2) is 0 Å². The highest BCUT2D eigenvalue weighted by Gasteiger charge is 2.15. The topological polar surface area (TPSA) is 32.0 Å². The van der Waals surface area contributed by atoms with Crippen molar-refractivity contribution in [2.24, 2.45) is 0 Å². The minimum absolute atomic E-state index is 0.506. The van der Waals surface area contributed by atoms with Crippen molar-refractivity contribution in [2.45, 2.75) is 27.1 Å². The van der Waals surface area contributed by atoms with Gasteiger partial charge in [-0.2, -0.15) is 5.10 Å². The third-order valence-corrected chi connectivity index (χ3v) is 6.37. The molecule has 3 aromatic rings. The summed E-state index contributed by atoms with van der Waals surface area (Å²) in [6.07, 6.45) is 11.3. The average molecular weight is 438 g/mol. The first-order valence-electron chi connectivity index (χ1n) is 8.85. The molecule has 6 heteroatoms. The molecule has 0 aliphatic heterocycles. The highest BCUT2D eigenvalue weighted by atomic mass is 79.9. The number of hydrogen-bond acceptors (Lipinski definition) is 2. The van der Waals surface area contributed by atoms with Crippen LogP contribution in [0.5, 0.6) is 0 Å². The minimum atomic E-state index is -0.515. The van der Waals surface area contributed by atoms with Crippen LogP contribution in [-0.4, -0.2) is 45.5 Å². The molecule has 0 saturated heterocycles. The van der Waals surface area contributed by atoms with E-state index in [2.05, 4.69) is 88.8 Å². The molecule has 0 radical (unpaired) electrons. The third-order valence-electron chi connectivity index (χ3n) is 4.48. The molecule has 26 heavy (non-hydrogen) atoms. The van der Waals surface area contributed by atoms with Gasteiger partial charge >= 0.3 is 0 Å². The largest absolute Gasteiger partial charge is 0.358 e. The van der Waals surface area contributed by atoms with Gasteiger partial charge in [0.25, 0.3) is 0 Å². The molecule has 0 bridgehead atoms. The maximum atomic E-state index is 5.84. The highest BCUT2D eigenvalue weighted by Crippen LogP contribution is 2.35. The molecule has 4 nitrogen and oxygen atoms in total. The molecule has 0 spiro atoms. The van der Waals surface area contributed by atoms with Crippen LogP contribution < -0.4 is 0 Å². The Hall–Kier alpha value is -1.24. The molecule has 0 fully saturated rings. The molecule has 142 valence electrons. The summed E-state index contributed by atoms with van der Waals surface area (Å²) in [5.41, 5.74) is 4.68. The first-order valence-corrected chi connectivity index (χ1v) is 12.7. The zero-order valence-corrected chi connectivity index (χ0v) is 18.7. The van der Waals surface area contributed by atoms with Crippen LogP contribution in [0.4, 0.5) is 0 Å². The Morgan fingerprint density at radius 3 is 2.62 bits per heavy atom. The van der Waals surface area contributed by atoms with Crippen LogP contribution in [0.15, 0.2) is 35.1 Å². The monoisotopic (exact) mass is 437 g/mol. The van der Waals surface area contributed by atoms with Gasteiger partial charge in [-0.05, 0) is 50.8 Å². The molecule has 1 aromatic carbocycles. The molecule has 0 N–H and O–H groups in total.